The van der Waals surface area contributed by atoms with E-state index in [1.807, 2.05) is 18.2 Å². The minimum absolute atomic E-state index is 0.0331. The summed E-state index contributed by atoms with van der Waals surface area (Å²) in [6.45, 7) is 0.259. The molecule has 0 radical (unpaired) electrons. The van der Waals surface area contributed by atoms with Crippen molar-refractivity contribution in [3.63, 3.8) is 0 Å². The Morgan fingerprint density at radius 3 is 2.30 bits per heavy atom. The van der Waals surface area contributed by atoms with Crippen LogP contribution in [0, 0.1) is 0 Å². The number of thioether (sulfide) groups is 1. The van der Waals surface area contributed by atoms with E-state index in [0.29, 0.717) is 5.56 Å². The summed E-state index contributed by atoms with van der Waals surface area (Å²) in [5, 5.41) is 10.4. The number of carboxylic acids is 1. The zero-order chi connectivity index (χ0) is 14.4. The molecule has 0 saturated heterocycles. The van der Waals surface area contributed by atoms with E-state index in [1.54, 1.807) is 41.2 Å². The molecule has 102 valence electrons. The maximum atomic E-state index is 12.0. The monoisotopic (exact) mass is 287 g/mol. The average Bonchev–Trinajstić information content (AvgIpc) is 2.47. The molecule has 0 atom stereocenters. The first-order valence-corrected chi connectivity index (χ1v) is 7.04. The van der Waals surface area contributed by atoms with Crippen LogP contribution in [0.15, 0.2) is 59.8 Å². The molecule has 1 aromatic heterocycles. The van der Waals surface area contributed by atoms with Gasteiger partial charge in [0, 0.05) is 28.3 Å². The zero-order valence-corrected chi connectivity index (χ0v) is 11.5. The number of nitrogens with zero attached hydrogens (tertiary/aromatic N) is 1. The number of carbonyl (C=O) groups excluding carboxylic acids is 2. The quantitative estimate of drug-likeness (QED) is 0.446. The SMILES string of the molecule is O=C([O-])CSc1cc[n+](CC(=O)c2ccccc2)cc1. The first-order valence-electron chi connectivity index (χ1n) is 6.05. The van der Waals surface area contributed by atoms with Crippen LogP contribution in [0.4, 0.5) is 0 Å². The summed E-state index contributed by atoms with van der Waals surface area (Å²) in [5.41, 5.74) is 0.676. The van der Waals surface area contributed by atoms with Crippen LogP contribution in [0.2, 0.25) is 0 Å². The van der Waals surface area contributed by atoms with Gasteiger partial charge in [-0.2, -0.15) is 4.57 Å². The van der Waals surface area contributed by atoms with Gasteiger partial charge in [-0.1, -0.05) is 30.3 Å². The van der Waals surface area contributed by atoms with Gasteiger partial charge in [0.2, 0.25) is 12.3 Å². The van der Waals surface area contributed by atoms with E-state index < -0.39 is 5.97 Å². The number of hydrogen-bond acceptors (Lipinski definition) is 4. The molecule has 2 aromatic rings. The topological polar surface area (TPSA) is 61.1 Å². The Morgan fingerprint density at radius 2 is 1.70 bits per heavy atom. The smallest absolute Gasteiger partial charge is 0.227 e. The fourth-order valence-corrected chi connectivity index (χ4v) is 2.27. The fraction of sp³-hybridized carbons (Fsp3) is 0.133. The van der Waals surface area contributed by atoms with Gasteiger partial charge < -0.3 is 9.90 Å². The normalized spacial score (nSPS) is 10.2. The highest BCUT2D eigenvalue weighted by molar-refractivity contribution is 8.00. The molecule has 1 aromatic carbocycles. The van der Waals surface area contributed by atoms with E-state index in [-0.39, 0.29) is 18.1 Å². The zero-order valence-electron chi connectivity index (χ0n) is 10.7. The molecule has 0 spiro atoms. The molecule has 0 N–H and O–H groups in total. The van der Waals surface area contributed by atoms with E-state index in [9.17, 15) is 14.7 Å². The molecular formula is C15H13NO3S. The van der Waals surface area contributed by atoms with Gasteiger partial charge in [0.05, 0.1) is 5.97 Å². The molecule has 0 aliphatic rings. The lowest BCUT2D eigenvalue weighted by molar-refractivity contribution is -0.683. The minimum Gasteiger partial charge on any atom is -0.549 e. The number of aliphatic carboxylic acids is 1. The van der Waals surface area contributed by atoms with Crippen LogP contribution in [-0.2, 0) is 11.3 Å². The van der Waals surface area contributed by atoms with E-state index in [4.69, 9.17) is 0 Å². The van der Waals surface area contributed by atoms with Crippen molar-refractivity contribution in [1.29, 1.82) is 0 Å². The minimum atomic E-state index is -1.09. The van der Waals surface area contributed by atoms with Gasteiger partial charge in [0.1, 0.15) is 0 Å². The lowest BCUT2D eigenvalue weighted by Gasteiger charge is -2.02. The molecule has 0 fully saturated rings. The average molecular weight is 287 g/mol. The summed E-state index contributed by atoms with van der Waals surface area (Å²) in [7, 11) is 0. The third-order valence-corrected chi connectivity index (χ3v) is 3.62. The molecule has 0 bridgehead atoms. The van der Waals surface area contributed by atoms with Crippen LogP contribution in [0.1, 0.15) is 10.4 Å². The van der Waals surface area contributed by atoms with Gasteiger partial charge in [-0.15, -0.1) is 11.8 Å². The van der Waals surface area contributed by atoms with Crippen LogP contribution in [-0.4, -0.2) is 17.5 Å². The maximum Gasteiger partial charge on any atom is 0.227 e. The highest BCUT2D eigenvalue weighted by atomic mass is 32.2. The summed E-state index contributed by atoms with van der Waals surface area (Å²) < 4.78 is 1.76. The van der Waals surface area contributed by atoms with Crippen molar-refractivity contribution in [1.82, 2.24) is 0 Å². The van der Waals surface area contributed by atoms with Crippen LogP contribution in [0.25, 0.3) is 0 Å². The Labute approximate surface area is 121 Å². The Bertz CT molecular complexity index is 596. The number of rotatable bonds is 6. The van der Waals surface area contributed by atoms with Gasteiger partial charge in [0.25, 0.3) is 0 Å². The lowest BCUT2D eigenvalue weighted by atomic mass is 10.1. The predicted octanol–water partition coefficient (Wildman–Crippen LogP) is 0.699. The molecule has 5 heteroatoms. The van der Waals surface area contributed by atoms with Crippen LogP contribution in [0.5, 0.6) is 0 Å². The first-order chi connectivity index (χ1) is 9.65. The number of Topliss-reactive ketones (excluding diaryl/α,β-unsaturated/α-hetero) is 1. The molecular weight excluding hydrogens is 274 g/mol. The number of hydrogen-bond donors (Lipinski definition) is 0. The van der Waals surface area contributed by atoms with Crippen molar-refractivity contribution in [3.8, 4) is 0 Å². The molecule has 4 nitrogen and oxygen atoms in total. The molecule has 20 heavy (non-hydrogen) atoms. The number of benzene rings is 1. The third-order valence-electron chi connectivity index (χ3n) is 2.64. The van der Waals surface area contributed by atoms with E-state index >= 15 is 0 Å². The highest BCUT2D eigenvalue weighted by Gasteiger charge is 2.11. The van der Waals surface area contributed by atoms with Gasteiger partial charge in [-0.25, -0.2) is 0 Å². The largest absolute Gasteiger partial charge is 0.549 e. The van der Waals surface area contributed by atoms with Gasteiger partial charge in [-0.05, 0) is 0 Å². The lowest BCUT2D eigenvalue weighted by Crippen LogP contribution is -2.37. The van der Waals surface area contributed by atoms with Crippen molar-refractivity contribution in [2.45, 2.75) is 11.4 Å². The van der Waals surface area contributed by atoms with Crippen LogP contribution < -0.4 is 9.67 Å². The van der Waals surface area contributed by atoms with E-state index in [2.05, 4.69) is 0 Å². The Kier molecular flexibility index (Phi) is 4.90. The number of carbonyl (C=O) groups is 2. The van der Waals surface area contributed by atoms with E-state index in [1.165, 1.54) is 11.8 Å². The standard InChI is InChI=1S/C15H13NO3S/c17-14(12-4-2-1-3-5-12)10-16-8-6-13(7-9-16)20-11-15(18)19/h1-9H,10-11H2. The predicted molar refractivity (Wildman–Crippen MR) is 73.1 cm³/mol. The third kappa shape index (κ3) is 4.20. The fourth-order valence-electron chi connectivity index (χ4n) is 1.67. The number of pyridine rings is 1. The second-order valence-corrected chi connectivity index (χ2v) is 5.20. The molecule has 0 aliphatic carbocycles. The van der Waals surface area contributed by atoms with Crippen molar-refractivity contribution in [2.24, 2.45) is 0 Å². The summed E-state index contributed by atoms with van der Waals surface area (Å²) in [6, 6.07) is 12.7. The molecule has 0 amide bonds. The number of ketones is 1. The molecule has 1 heterocycles. The molecule has 0 aliphatic heterocycles. The van der Waals surface area contributed by atoms with Gasteiger partial charge >= 0.3 is 0 Å². The summed E-state index contributed by atoms with van der Waals surface area (Å²) in [6.07, 6.45) is 3.52. The molecule has 0 unspecified atom stereocenters. The van der Waals surface area contributed by atoms with Crippen LogP contribution in [0.3, 0.4) is 0 Å². The summed E-state index contributed by atoms with van der Waals surface area (Å²) in [5.74, 6) is -1.14. The van der Waals surface area contributed by atoms with Gasteiger partial charge in [-0.3, -0.25) is 4.79 Å². The second kappa shape index (κ2) is 6.86. The molecule has 2 rings (SSSR count). The van der Waals surface area contributed by atoms with Crippen molar-refractivity contribution >= 4 is 23.5 Å². The van der Waals surface area contributed by atoms with E-state index in [0.717, 1.165) is 4.90 Å². The Morgan fingerprint density at radius 1 is 1.05 bits per heavy atom. The van der Waals surface area contributed by atoms with Crippen molar-refractivity contribution in [2.75, 3.05) is 5.75 Å². The summed E-state index contributed by atoms with van der Waals surface area (Å²) in [4.78, 5) is 23.2. The molecule has 0 saturated carbocycles. The number of aromatic nitrogens is 1. The first kappa shape index (κ1) is 14.3. The number of carboxylic acid groups (broad SMARTS) is 1. The Balaban J connectivity index is 1.97. The summed E-state index contributed by atoms with van der Waals surface area (Å²) >= 11 is 1.19. The second-order valence-electron chi connectivity index (χ2n) is 4.16. The van der Waals surface area contributed by atoms with Crippen LogP contribution >= 0.6 is 11.8 Å². The van der Waals surface area contributed by atoms with Gasteiger partial charge in [0.15, 0.2) is 12.4 Å². The van der Waals surface area contributed by atoms with Crippen molar-refractivity contribution < 1.29 is 19.3 Å². The highest BCUT2D eigenvalue weighted by Crippen LogP contribution is 2.14. The maximum absolute atomic E-state index is 12.0. The van der Waals surface area contributed by atoms with Crippen molar-refractivity contribution in [3.05, 3.63) is 60.4 Å². The Hall–Kier alpha value is -2.14.